The maximum Gasteiger partial charge on any atom is 0.191 e. The molecule has 0 amide bonds. The average Bonchev–Trinajstić information content (AvgIpc) is 3.31. The first-order valence-corrected chi connectivity index (χ1v) is 10.9. The molecule has 3 fully saturated rings. The minimum Gasteiger partial charge on any atom is -0.497 e. The van der Waals surface area contributed by atoms with Gasteiger partial charge >= 0.3 is 0 Å². The van der Waals surface area contributed by atoms with Crippen LogP contribution in [0.4, 0.5) is 5.69 Å². The largest absolute Gasteiger partial charge is 0.497 e. The van der Waals surface area contributed by atoms with Crippen molar-refractivity contribution in [3.8, 4) is 11.5 Å². The normalized spacial score (nSPS) is 24.5. The van der Waals surface area contributed by atoms with E-state index in [1.165, 1.54) is 32.4 Å². The van der Waals surface area contributed by atoms with Gasteiger partial charge in [-0.05, 0) is 38.1 Å². The third kappa shape index (κ3) is 5.84. The van der Waals surface area contributed by atoms with Crippen LogP contribution in [-0.2, 0) is 0 Å². The number of rotatable bonds is 7. The summed E-state index contributed by atoms with van der Waals surface area (Å²) in [4.78, 5) is 9.50. The summed E-state index contributed by atoms with van der Waals surface area (Å²) < 4.78 is 10.8. The molecule has 0 aromatic heterocycles. The van der Waals surface area contributed by atoms with Crippen LogP contribution >= 0.6 is 24.0 Å². The number of likely N-dealkylation sites (tertiary alicyclic amines) is 1. The lowest BCUT2D eigenvalue weighted by Gasteiger charge is -2.22. The number of aliphatic imine (C=N–C) groups is 1. The molecule has 0 spiro atoms. The molecule has 3 aliphatic rings. The number of nitrogens with zero attached hydrogens (tertiary/aromatic N) is 3. The van der Waals surface area contributed by atoms with Crippen molar-refractivity contribution in [1.29, 1.82) is 0 Å². The van der Waals surface area contributed by atoms with Crippen LogP contribution in [0.15, 0.2) is 23.2 Å². The minimum atomic E-state index is 0. The summed E-state index contributed by atoms with van der Waals surface area (Å²) >= 11 is 0. The van der Waals surface area contributed by atoms with E-state index in [4.69, 9.17) is 9.47 Å². The van der Waals surface area contributed by atoms with Gasteiger partial charge in [0.1, 0.15) is 11.5 Å². The zero-order chi connectivity index (χ0) is 20.2. The molecule has 1 aromatic carbocycles. The SMILES string of the molecule is CN=C(NCC1CCN(C2CC2)C1)NC1CCN(c2cc(OC)cc(OC)c2)C1.I. The Morgan fingerprint density at radius 1 is 1.03 bits per heavy atom. The van der Waals surface area contributed by atoms with Crippen LogP contribution in [0.5, 0.6) is 11.5 Å². The molecule has 4 rings (SSSR count). The quantitative estimate of drug-likeness (QED) is 0.322. The van der Waals surface area contributed by atoms with Crippen LogP contribution in [0.2, 0.25) is 0 Å². The summed E-state index contributed by atoms with van der Waals surface area (Å²) in [6.07, 6.45) is 5.19. The molecule has 8 heteroatoms. The van der Waals surface area contributed by atoms with Crippen LogP contribution in [0.1, 0.15) is 25.7 Å². The third-order valence-corrected chi connectivity index (χ3v) is 6.39. The molecule has 2 aliphatic heterocycles. The third-order valence-electron chi connectivity index (χ3n) is 6.39. The minimum absolute atomic E-state index is 0. The Morgan fingerprint density at radius 2 is 1.77 bits per heavy atom. The number of methoxy groups -OCH3 is 2. The molecule has 2 N–H and O–H groups in total. The van der Waals surface area contributed by atoms with Gasteiger partial charge in [0.05, 0.1) is 14.2 Å². The molecular weight excluding hydrogens is 493 g/mol. The molecule has 1 saturated carbocycles. The topological polar surface area (TPSA) is 61.4 Å². The van der Waals surface area contributed by atoms with Gasteiger partial charge in [0.25, 0.3) is 0 Å². The van der Waals surface area contributed by atoms with Gasteiger partial charge in [0.15, 0.2) is 5.96 Å². The van der Waals surface area contributed by atoms with Gasteiger partial charge in [0.2, 0.25) is 0 Å². The zero-order valence-electron chi connectivity index (χ0n) is 18.4. The Bertz CT molecular complexity index is 705. The highest BCUT2D eigenvalue weighted by atomic mass is 127. The van der Waals surface area contributed by atoms with E-state index >= 15 is 0 Å². The van der Waals surface area contributed by atoms with E-state index in [9.17, 15) is 0 Å². The van der Waals surface area contributed by atoms with Gasteiger partial charge < -0.3 is 29.9 Å². The lowest BCUT2D eigenvalue weighted by Crippen LogP contribution is -2.46. The number of benzene rings is 1. The maximum atomic E-state index is 5.42. The number of hydrogen-bond acceptors (Lipinski definition) is 5. The van der Waals surface area contributed by atoms with Gasteiger partial charge in [0, 0.05) is 69.2 Å². The fraction of sp³-hybridized carbons (Fsp3) is 0.682. The van der Waals surface area contributed by atoms with E-state index in [-0.39, 0.29) is 24.0 Å². The van der Waals surface area contributed by atoms with Crippen molar-refractivity contribution in [2.24, 2.45) is 10.9 Å². The van der Waals surface area contributed by atoms with Crippen LogP contribution < -0.4 is 25.0 Å². The molecule has 1 aliphatic carbocycles. The van der Waals surface area contributed by atoms with Crippen LogP contribution in [0.3, 0.4) is 0 Å². The highest BCUT2D eigenvalue weighted by Crippen LogP contribution is 2.32. The Balaban J connectivity index is 0.00000256. The Kier molecular flexibility index (Phi) is 8.33. The van der Waals surface area contributed by atoms with E-state index in [2.05, 4.69) is 37.6 Å². The van der Waals surface area contributed by atoms with Crippen LogP contribution in [-0.4, -0.2) is 76.9 Å². The lowest BCUT2D eigenvalue weighted by atomic mass is 10.1. The Morgan fingerprint density at radius 3 is 2.40 bits per heavy atom. The maximum absolute atomic E-state index is 5.42. The van der Waals surface area contributed by atoms with Crippen molar-refractivity contribution < 1.29 is 9.47 Å². The number of ether oxygens (including phenoxy) is 2. The fourth-order valence-corrected chi connectivity index (χ4v) is 4.52. The summed E-state index contributed by atoms with van der Waals surface area (Å²) in [5.74, 6) is 3.30. The van der Waals surface area contributed by atoms with E-state index in [0.29, 0.717) is 6.04 Å². The van der Waals surface area contributed by atoms with Gasteiger partial charge in [-0.2, -0.15) is 0 Å². The van der Waals surface area contributed by atoms with E-state index < -0.39 is 0 Å². The van der Waals surface area contributed by atoms with Crippen molar-refractivity contribution in [3.63, 3.8) is 0 Å². The second-order valence-corrected chi connectivity index (χ2v) is 8.48. The smallest absolute Gasteiger partial charge is 0.191 e. The van der Waals surface area contributed by atoms with Crippen LogP contribution in [0.25, 0.3) is 0 Å². The lowest BCUT2D eigenvalue weighted by molar-refractivity contribution is 0.314. The fourth-order valence-electron chi connectivity index (χ4n) is 4.52. The zero-order valence-corrected chi connectivity index (χ0v) is 20.7. The Hall–Kier alpha value is -1.42. The molecule has 2 unspecified atom stereocenters. The number of hydrogen-bond donors (Lipinski definition) is 2. The molecule has 7 nitrogen and oxygen atoms in total. The van der Waals surface area contributed by atoms with Crippen molar-refractivity contribution in [1.82, 2.24) is 15.5 Å². The molecule has 168 valence electrons. The molecule has 2 atom stereocenters. The standard InChI is InChI=1S/C22H35N5O2.HI/c1-23-22(24-13-16-6-8-26(14-16)18-4-5-18)25-17-7-9-27(15-17)19-10-20(28-2)12-21(11-19)29-3;/h10-12,16-18H,4-9,13-15H2,1-3H3,(H2,23,24,25);1H. The summed E-state index contributed by atoms with van der Waals surface area (Å²) in [7, 11) is 5.24. The van der Waals surface area contributed by atoms with Crippen LogP contribution in [0, 0.1) is 5.92 Å². The Labute approximate surface area is 197 Å². The first-order valence-electron chi connectivity index (χ1n) is 10.9. The van der Waals surface area contributed by atoms with Crippen molar-refractivity contribution in [2.75, 3.05) is 58.9 Å². The van der Waals surface area contributed by atoms with E-state index in [0.717, 1.165) is 61.2 Å². The second-order valence-electron chi connectivity index (χ2n) is 8.48. The number of guanidine groups is 1. The number of anilines is 1. The highest BCUT2D eigenvalue weighted by molar-refractivity contribution is 14.0. The number of halogens is 1. The van der Waals surface area contributed by atoms with Gasteiger partial charge in [-0.15, -0.1) is 24.0 Å². The molecular formula is C22H36IN5O2. The van der Waals surface area contributed by atoms with Gasteiger partial charge in [-0.1, -0.05) is 0 Å². The predicted octanol–water partition coefficient (Wildman–Crippen LogP) is 2.55. The molecule has 1 aromatic rings. The summed E-state index contributed by atoms with van der Waals surface area (Å²) in [6, 6.07) is 7.32. The molecule has 2 saturated heterocycles. The summed E-state index contributed by atoms with van der Waals surface area (Å²) in [5.41, 5.74) is 1.14. The van der Waals surface area contributed by atoms with Gasteiger partial charge in [-0.3, -0.25) is 4.99 Å². The van der Waals surface area contributed by atoms with Crippen molar-refractivity contribution >= 4 is 35.6 Å². The summed E-state index contributed by atoms with van der Waals surface area (Å²) in [5, 5.41) is 7.18. The average molecular weight is 529 g/mol. The van der Waals surface area contributed by atoms with E-state index in [1.807, 2.05) is 13.1 Å². The van der Waals surface area contributed by atoms with Crippen molar-refractivity contribution in [3.05, 3.63) is 18.2 Å². The molecule has 0 radical (unpaired) electrons. The first-order chi connectivity index (χ1) is 14.2. The number of nitrogens with one attached hydrogen (secondary N) is 2. The molecule has 2 heterocycles. The second kappa shape index (κ2) is 10.7. The first kappa shape index (κ1) is 23.2. The van der Waals surface area contributed by atoms with E-state index in [1.54, 1.807) is 14.2 Å². The van der Waals surface area contributed by atoms with Gasteiger partial charge in [-0.25, -0.2) is 0 Å². The van der Waals surface area contributed by atoms with Crippen molar-refractivity contribution in [2.45, 2.75) is 37.8 Å². The molecule has 30 heavy (non-hydrogen) atoms. The predicted molar refractivity (Wildman–Crippen MR) is 133 cm³/mol. The molecule has 0 bridgehead atoms. The highest BCUT2D eigenvalue weighted by Gasteiger charge is 2.34. The monoisotopic (exact) mass is 529 g/mol. The summed E-state index contributed by atoms with van der Waals surface area (Å²) in [6.45, 7) is 5.46.